The fourth-order valence-electron chi connectivity index (χ4n) is 1.80. The molecular weight excluding hydrogens is 308 g/mol. The fourth-order valence-corrected chi connectivity index (χ4v) is 2.67. The van der Waals surface area contributed by atoms with E-state index in [1.807, 2.05) is 30.5 Å². The van der Waals surface area contributed by atoms with Gasteiger partial charge >= 0.3 is 0 Å². The van der Waals surface area contributed by atoms with Crippen molar-refractivity contribution < 1.29 is 4.79 Å². The van der Waals surface area contributed by atoms with Crippen molar-refractivity contribution in [1.29, 1.82) is 0 Å². The summed E-state index contributed by atoms with van der Waals surface area (Å²) in [7, 11) is 0. The van der Waals surface area contributed by atoms with Crippen molar-refractivity contribution in [2.45, 2.75) is 5.25 Å². The average Bonchev–Trinajstić information content (AvgIpc) is 2.48. The minimum absolute atomic E-state index is 0.150. The molecule has 0 aliphatic heterocycles. The zero-order valence-electron chi connectivity index (χ0n) is 11.4. The minimum Gasteiger partial charge on any atom is -0.367 e. The van der Waals surface area contributed by atoms with Gasteiger partial charge in [0, 0.05) is 16.8 Å². The van der Waals surface area contributed by atoms with E-state index in [4.69, 9.17) is 17.3 Å². The minimum atomic E-state index is -0.588. The first-order valence-electron chi connectivity index (χ1n) is 6.26. The summed E-state index contributed by atoms with van der Waals surface area (Å²) in [6.45, 7) is 0.673. The summed E-state index contributed by atoms with van der Waals surface area (Å²) >= 11 is 7.73. The summed E-state index contributed by atoms with van der Waals surface area (Å²) in [5.74, 6) is 0.0102. The second kappa shape index (κ2) is 7.28. The predicted molar refractivity (Wildman–Crippen MR) is 86.7 cm³/mol. The molecule has 0 saturated heterocycles. The average molecular weight is 323 g/mol. The zero-order chi connectivity index (χ0) is 15.2. The van der Waals surface area contributed by atoms with Crippen molar-refractivity contribution in [3.8, 4) is 0 Å². The van der Waals surface area contributed by atoms with E-state index < -0.39 is 5.91 Å². The van der Waals surface area contributed by atoms with Crippen molar-refractivity contribution in [3.05, 3.63) is 52.7 Å². The Morgan fingerprint density at radius 2 is 2.19 bits per heavy atom. The molecule has 0 radical (unpaired) electrons. The van der Waals surface area contributed by atoms with Crippen molar-refractivity contribution in [3.63, 3.8) is 0 Å². The van der Waals surface area contributed by atoms with Gasteiger partial charge in [0.05, 0.1) is 0 Å². The molecule has 0 spiro atoms. The number of carbonyl (C=O) groups excluding carboxylic acids is 1. The van der Waals surface area contributed by atoms with E-state index in [1.54, 1.807) is 23.9 Å². The predicted octanol–water partition coefficient (Wildman–Crippen LogP) is 2.75. The highest BCUT2D eigenvalue weighted by Crippen LogP contribution is 2.28. The SMILES string of the molecule is CSC(CNc1ccc(C(N)=O)nn1)c1cccc(Cl)c1. The molecule has 1 amide bonds. The van der Waals surface area contributed by atoms with E-state index in [0.717, 1.165) is 10.6 Å². The molecule has 2 rings (SSSR count). The lowest BCUT2D eigenvalue weighted by Crippen LogP contribution is -2.15. The van der Waals surface area contributed by atoms with Crippen LogP contribution in [0.25, 0.3) is 0 Å². The standard InChI is InChI=1S/C14H15ClN4OS/c1-21-12(9-3-2-4-10(15)7-9)8-17-13-6-5-11(14(16)20)18-19-13/h2-7,12H,8H2,1H3,(H2,16,20)(H,17,19). The number of rotatable bonds is 6. The number of amides is 1. The topological polar surface area (TPSA) is 80.9 Å². The van der Waals surface area contributed by atoms with Crippen LogP contribution in [-0.4, -0.2) is 28.9 Å². The molecule has 5 nitrogen and oxygen atoms in total. The maximum Gasteiger partial charge on any atom is 0.269 e. The smallest absolute Gasteiger partial charge is 0.269 e. The third-order valence-corrected chi connectivity index (χ3v) is 4.13. The number of aromatic nitrogens is 2. The Bertz CT molecular complexity index is 621. The first-order valence-corrected chi connectivity index (χ1v) is 7.92. The molecule has 0 aliphatic rings. The van der Waals surface area contributed by atoms with Crippen LogP contribution in [-0.2, 0) is 0 Å². The molecule has 1 heterocycles. The van der Waals surface area contributed by atoms with Gasteiger partial charge in [-0.05, 0) is 36.1 Å². The van der Waals surface area contributed by atoms with E-state index >= 15 is 0 Å². The van der Waals surface area contributed by atoms with Crippen molar-refractivity contribution in [2.75, 3.05) is 18.1 Å². The Morgan fingerprint density at radius 1 is 1.38 bits per heavy atom. The number of hydrogen-bond donors (Lipinski definition) is 2. The molecule has 21 heavy (non-hydrogen) atoms. The van der Waals surface area contributed by atoms with E-state index in [1.165, 1.54) is 0 Å². The molecule has 110 valence electrons. The fraction of sp³-hybridized carbons (Fsp3) is 0.214. The van der Waals surface area contributed by atoms with Crippen LogP contribution in [0.2, 0.25) is 5.02 Å². The molecule has 0 fully saturated rings. The number of halogens is 1. The number of nitrogens with two attached hydrogens (primary N) is 1. The second-order valence-corrected chi connectivity index (χ2v) is 5.81. The molecule has 0 aliphatic carbocycles. The Balaban J connectivity index is 2.01. The van der Waals surface area contributed by atoms with Gasteiger partial charge in [0.2, 0.25) is 0 Å². The highest BCUT2D eigenvalue weighted by atomic mass is 35.5. The Morgan fingerprint density at radius 3 is 2.76 bits per heavy atom. The number of thioether (sulfide) groups is 1. The van der Waals surface area contributed by atoms with E-state index in [-0.39, 0.29) is 10.9 Å². The van der Waals surface area contributed by atoms with Gasteiger partial charge in [0.25, 0.3) is 5.91 Å². The number of carbonyl (C=O) groups is 1. The van der Waals surface area contributed by atoms with Crippen LogP contribution in [0.5, 0.6) is 0 Å². The number of nitrogens with zero attached hydrogens (tertiary/aromatic N) is 2. The molecule has 1 unspecified atom stereocenters. The van der Waals surface area contributed by atoms with Crippen molar-refractivity contribution in [2.24, 2.45) is 5.73 Å². The molecule has 7 heteroatoms. The lowest BCUT2D eigenvalue weighted by Gasteiger charge is -2.16. The lowest BCUT2D eigenvalue weighted by molar-refractivity contribution is 0.0994. The van der Waals surface area contributed by atoms with Gasteiger partial charge in [-0.2, -0.15) is 11.8 Å². The highest BCUT2D eigenvalue weighted by Gasteiger charge is 2.11. The molecule has 2 aromatic rings. The van der Waals surface area contributed by atoms with E-state index in [2.05, 4.69) is 15.5 Å². The summed E-state index contributed by atoms with van der Waals surface area (Å²) in [6.07, 6.45) is 2.04. The van der Waals surface area contributed by atoms with Crippen LogP contribution in [0.15, 0.2) is 36.4 Å². The second-order valence-electron chi connectivity index (χ2n) is 4.33. The van der Waals surface area contributed by atoms with Crippen LogP contribution >= 0.6 is 23.4 Å². The third kappa shape index (κ3) is 4.34. The Kier molecular flexibility index (Phi) is 5.41. The summed E-state index contributed by atoms with van der Waals surface area (Å²) < 4.78 is 0. The summed E-state index contributed by atoms with van der Waals surface area (Å²) in [6, 6.07) is 11.0. The number of anilines is 1. The molecule has 1 aromatic heterocycles. The van der Waals surface area contributed by atoms with Gasteiger partial charge < -0.3 is 11.1 Å². The summed E-state index contributed by atoms with van der Waals surface area (Å²) in [5.41, 5.74) is 6.41. The normalized spacial score (nSPS) is 11.9. The first-order chi connectivity index (χ1) is 10.1. The number of primary amides is 1. The summed E-state index contributed by atoms with van der Waals surface area (Å²) in [4.78, 5) is 10.9. The van der Waals surface area contributed by atoms with Gasteiger partial charge in [0.1, 0.15) is 5.82 Å². The maximum absolute atomic E-state index is 10.9. The van der Waals surface area contributed by atoms with Crippen LogP contribution in [0.3, 0.4) is 0 Å². The first kappa shape index (κ1) is 15.6. The van der Waals surface area contributed by atoms with E-state index in [9.17, 15) is 4.79 Å². The monoisotopic (exact) mass is 322 g/mol. The van der Waals surface area contributed by atoms with Gasteiger partial charge in [-0.15, -0.1) is 10.2 Å². The molecule has 1 atom stereocenters. The van der Waals surface area contributed by atoms with Gasteiger partial charge in [0.15, 0.2) is 5.69 Å². The number of benzene rings is 1. The number of hydrogen-bond acceptors (Lipinski definition) is 5. The van der Waals surface area contributed by atoms with Gasteiger partial charge in [-0.3, -0.25) is 4.79 Å². The van der Waals surface area contributed by atoms with Crippen molar-refractivity contribution in [1.82, 2.24) is 10.2 Å². The molecular formula is C14H15ClN4OS. The van der Waals surface area contributed by atoms with Crippen LogP contribution in [0, 0.1) is 0 Å². The van der Waals surface area contributed by atoms with Crippen LogP contribution < -0.4 is 11.1 Å². The molecule has 0 bridgehead atoms. The van der Waals surface area contributed by atoms with Crippen LogP contribution in [0.1, 0.15) is 21.3 Å². The van der Waals surface area contributed by atoms with Crippen molar-refractivity contribution >= 4 is 35.1 Å². The zero-order valence-corrected chi connectivity index (χ0v) is 13.0. The van der Waals surface area contributed by atoms with Crippen LogP contribution in [0.4, 0.5) is 5.82 Å². The van der Waals surface area contributed by atoms with E-state index in [0.29, 0.717) is 12.4 Å². The Labute approximate surface area is 132 Å². The molecule has 1 aromatic carbocycles. The number of nitrogens with one attached hydrogen (secondary N) is 1. The largest absolute Gasteiger partial charge is 0.367 e. The third-order valence-electron chi connectivity index (χ3n) is 2.89. The highest BCUT2D eigenvalue weighted by molar-refractivity contribution is 7.98. The quantitative estimate of drug-likeness (QED) is 0.854. The maximum atomic E-state index is 10.9. The lowest BCUT2D eigenvalue weighted by atomic mass is 10.1. The molecule has 3 N–H and O–H groups in total. The Hall–Kier alpha value is -1.79. The molecule has 0 saturated carbocycles. The van der Waals surface area contributed by atoms with Gasteiger partial charge in [-0.25, -0.2) is 0 Å². The van der Waals surface area contributed by atoms with Gasteiger partial charge in [-0.1, -0.05) is 23.7 Å². The summed E-state index contributed by atoms with van der Waals surface area (Å²) in [5, 5.41) is 11.8.